The summed E-state index contributed by atoms with van der Waals surface area (Å²) in [6, 6.07) is 6.62. The van der Waals surface area contributed by atoms with Crippen LogP contribution < -0.4 is 4.74 Å². The predicted molar refractivity (Wildman–Crippen MR) is 106 cm³/mol. The molecule has 0 amide bonds. The first kappa shape index (κ1) is 18.5. The molecule has 3 saturated carbocycles. The van der Waals surface area contributed by atoms with Gasteiger partial charge in [-0.25, -0.2) is 0 Å². The van der Waals surface area contributed by atoms with Crippen LogP contribution in [0.5, 0.6) is 5.75 Å². The van der Waals surface area contributed by atoms with Crippen LogP contribution in [0, 0.1) is 16.7 Å². The Morgan fingerprint density at radius 2 is 1.96 bits per heavy atom. The van der Waals surface area contributed by atoms with Crippen molar-refractivity contribution in [2.24, 2.45) is 16.7 Å². The van der Waals surface area contributed by atoms with Crippen molar-refractivity contribution in [3.05, 3.63) is 29.3 Å². The average Bonchev–Trinajstić information content (AvgIpc) is 2.82. The normalized spacial score (nSPS) is 43.5. The topological polar surface area (TPSA) is 55.8 Å². The number of carbonyl (C=O) groups is 1. The highest BCUT2D eigenvalue weighted by molar-refractivity contribution is 5.66. The SMILES string of the molecule is COc1ccc2c(c1)CC[C@@H]1[C@@H]2CC[C@@]2(C)[C@@]13CC[C@@H](OC(C)=O)[C@@]2(O)CC3. The van der Waals surface area contributed by atoms with E-state index >= 15 is 0 Å². The summed E-state index contributed by atoms with van der Waals surface area (Å²) >= 11 is 0. The van der Waals surface area contributed by atoms with Gasteiger partial charge >= 0.3 is 5.97 Å². The lowest BCUT2D eigenvalue weighted by molar-refractivity contribution is -0.233. The predicted octanol–water partition coefficient (Wildman–Crippen LogP) is 4.38. The minimum atomic E-state index is -0.873. The summed E-state index contributed by atoms with van der Waals surface area (Å²) in [5, 5.41) is 11.8. The number of hydrogen-bond acceptors (Lipinski definition) is 4. The summed E-state index contributed by atoms with van der Waals surface area (Å²) in [4.78, 5) is 11.7. The quantitative estimate of drug-likeness (QED) is 0.769. The molecule has 4 heteroatoms. The van der Waals surface area contributed by atoms with Gasteiger partial charge in [0.2, 0.25) is 0 Å². The molecule has 0 unspecified atom stereocenters. The van der Waals surface area contributed by atoms with Crippen LogP contribution in [0.15, 0.2) is 18.2 Å². The number of benzene rings is 1. The molecule has 1 aromatic rings. The highest BCUT2D eigenvalue weighted by Crippen LogP contribution is 2.75. The molecule has 1 aromatic carbocycles. The molecule has 4 aliphatic carbocycles. The van der Waals surface area contributed by atoms with Gasteiger partial charge < -0.3 is 14.6 Å². The van der Waals surface area contributed by atoms with E-state index in [2.05, 4.69) is 25.1 Å². The number of methoxy groups -OCH3 is 1. The number of rotatable bonds is 2. The summed E-state index contributed by atoms with van der Waals surface area (Å²) in [6.45, 7) is 3.77. The van der Waals surface area contributed by atoms with Crippen LogP contribution in [-0.2, 0) is 16.0 Å². The molecule has 6 atom stereocenters. The summed E-state index contributed by atoms with van der Waals surface area (Å²) in [5.74, 6) is 1.87. The zero-order chi connectivity index (χ0) is 19.7. The number of aliphatic hydroxyl groups is 1. The van der Waals surface area contributed by atoms with Crippen molar-refractivity contribution in [2.45, 2.75) is 82.8 Å². The van der Waals surface area contributed by atoms with Gasteiger partial charge in [0.25, 0.3) is 0 Å². The van der Waals surface area contributed by atoms with Crippen LogP contribution in [0.4, 0.5) is 0 Å². The summed E-state index contributed by atoms with van der Waals surface area (Å²) < 4.78 is 11.1. The number of fused-ring (bicyclic) bond motifs is 3. The molecule has 0 spiro atoms. The van der Waals surface area contributed by atoms with E-state index in [0.717, 1.165) is 50.7 Å². The van der Waals surface area contributed by atoms with Crippen molar-refractivity contribution in [1.82, 2.24) is 0 Å². The Morgan fingerprint density at radius 3 is 2.71 bits per heavy atom. The van der Waals surface area contributed by atoms with Crippen molar-refractivity contribution in [3.8, 4) is 5.75 Å². The molecule has 3 fully saturated rings. The third-order valence-corrected chi connectivity index (χ3v) is 9.33. The first-order chi connectivity index (χ1) is 13.3. The van der Waals surface area contributed by atoms with E-state index in [1.54, 1.807) is 7.11 Å². The van der Waals surface area contributed by atoms with Crippen molar-refractivity contribution < 1.29 is 19.4 Å². The Balaban J connectivity index is 1.53. The lowest BCUT2D eigenvalue weighted by Gasteiger charge is -2.64. The Kier molecular flexibility index (Phi) is 3.94. The second-order valence-electron chi connectivity index (χ2n) is 9.90. The van der Waals surface area contributed by atoms with E-state index in [1.165, 1.54) is 24.5 Å². The first-order valence-electron chi connectivity index (χ1n) is 10.9. The van der Waals surface area contributed by atoms with Crippen molar-refractivity contribution >= 4 is 5.97 Å². The van der Waals surface area contributed by atoms with Crippen LogP contribution in [0.2, 0.25) is 0 Å². The van der Waals surface area contributed by atoms with Gasteiger partial charge in [0, 0.05) is 12.3 Å². The molecule has 0 aliphatic heterocycles. The number of ether oxygens (including phenoxy) is 2. The number of carbonyl (C=O) groups excluding carboxylic acids is 1. The molecule has 4 aliphatic rings. The number of esters is 1. The first-order valence-corrected chi connectivity index (χ1v) is 10.9. The lowest BCUT2D eigenvalue weighted by Crippen LogP contribution is -2.65. The summed E-state index contributed by atoms with van der Waals surface area (Å²) in [6.07, 6.45) is 7.74. The minimum absolute atomic E-state index is 0.163. The number of hydrogen-bond donors (Lipinski definition) is 1. The van der Waals surface area contributed by atoms with Crippen LogP contribution in [0.25, 0.3) is 0 Å². The molecule has 5 rings (SSSR count). The maximum absolute atomic E-state index is 11.8. The maximum atomic E-state index is 11.8. The third-order valence-electron chi connectivity index (χ3n) is 9.33. The standard InChI is InChI=1S/C24H32O4/c1-15(25)28-21-9-11-23-12-13-24(21,26)22(23,2)10-8-19-18-6-5-17(27-3)14-16(18)4-7-20(19)23/h5-6,14,19-21,26H,4,7-13H2,1-3H3/t19-,20-,21-,22+,23-,24+/m1/s1. The van der Waals surface area contributed by atoms with Crippen LogP contribution in [0.1, 0.15) is 75.8 Å². The van der Waals surface area contributed by atoms with E-state index in [4.69, 9.17) is 9.47 Å². The highest BCUT2D eigenvalue weighted by atomic mass is 16.6. The zero-order valence-corrected chi connectivity index (χ0v) is 17.3. The van der Waals surface area contributed by atoms with Gasteiger partial charge in [-0.2, -0.15) is 0 Å². The average molecular weight is 385 g/mol. The van der Waals surface area contributed by atoms with Crippen LogP contribution in [0.3, 0.4) is 0 Å². The van der Waals surface area contributed by atoms with Gasteiger partial charge in [0.05, 0.1) is 7.11 Å². The van der Waals surface area contributed by atoms with E-state index in [-0.39, 0.29) is 22.9 Å². The van der Waals surface area contributed by atoms with Crippen molar-refractivity contribution in [3.63, 3.8) is 0 Å². The Hall–Kier alpha value is -1.55. The Bertz CT molecular complexity index is 819. The fraction of sp³-hybridized carbons (Fsp3) is 0.708. The van der Waals surface area contributed by atoms with Crippen molar-refractivity contribution in [1.29, 1.82) is 0 Å². The van der Waals surface area contributed by atoms with Gasteiger partial charge in [0.15, 0.2) is 0 Å². The van der Waals surface area contributed by atoms with E-state index in [0.29, 0.717) is 11.8 Å². The van der Waals surface area contributed by atoms with Gasteiger partial charge in [-0.1, -0.05) is 13.0 Å². The Morgan fingerprint density at radius 1 is 1.14 bits per heavy atom. The van der Waals surface area contributed by atoms with Gasteiger partial charge in [0.1, 0.15) is 17.5 Å². The molecule has 2 bridgehead atoms. The van der Waals surface area contributed by atoms with Crippen LogP contribution in [-0.4, -0.2) is 29.9 Å². The fourth-order valence-electron chi connectivity index (χ4n) is 8.02. The third kappa shape index (κ3) is 2.13. The molecular formula is C24H32O4. The van der Waals surface area contributed by atoms with Crippen LogP contribution >= 0.6 is 0 Å². The fourth-order valence-corrected chi connectivity index (χ4v) is 8.02. The lowest BCUT2D eigenvalue weighted by atomic mass is 9.42. The van der Waals surface area contributed by atoms with Gasteiger partial charge in [-0.15, -0.1) is 0 Å². The molecule has 28 heavy (non-hydrogen) atoms. The molecule has 0 aromatic heterocycles. The molecule has 152 valence electrons. The van der Waals surface area contributed by atoms with E-state index in [9.17, 15) is 9.90 Å². The van der Waals surface area contributed by atoms with E-state index < -0.39 is 5.60 Å². The molecule has 0 saturated heterocycles. The Labute approximate surface area is 167 Å². The summed E-state index contributed by atoms with van der Waals surface area (Å²) in [7, 11) is 1.74. The molecule has 0 heterocycles. The minimum Gasteiger partial charge on any atom is -0.497 e. The maximum Gasteiger partial charge on any atom is 0.303 e. The summed E-state index contributed by atoms with van der Waals surface area (Å²) in [5.41, 5.74) is 2.08. The van der Waals surface area contributed by atoms with Gasteiger partial charge in [-0.05, 0) is 91.9 Å². The molecule has 0 radical (unpaired) electrons. The second-order valence-corrected chi connectivity index (χ2v) is 9.90. The monoisotopic (exact) mass is 384 g/mol. The van der Waals surface area contributed by atoms with Crippen molar-refractivity contribution in [2.75, 3.05) is 7.11 Å². The molecule has 4 nitrogen and oxygen atoms in total. The van der Waals surface area contributed by atoms with E-state index in [1.807, 2.05) is 0 Å². The largest absolute Gasteiger partial charge is 0.497 e. The van der Waals surface area contributed by atoms with Gasteiger partial charge in [-0.3, -0.25) is 4.79 Å². The molecular weight excluding hydrogens is 352 g/mol. The second kappa shape index (κ2) is 5.98. The highest BCUT2D eigenvalue weighted by Gasteiger charge is 2.74. The number of aryl methyl sites for hydroxylation is 1. The smallest absolute Gasteiger partial charge is 0.303 e. The zero-order valence-electron chi connectivity index (χ0n) is 17.3. The molecule has 1 N–H and O–H groups in total.